The summed E-state index contributed by atoms with van der Waals surface area (Å²) in [6.45, 7) is 0.667. The standard InChI is InChI=1S/C10H12FIN2O2/c11-7-1-2-9(8(12)5-7)14-10(15)6-16-4-3-13/h1-2,5H,3-4,6,13H2,(H,14,15). The maximum atomic E-state index is 12.8. The Labute approximate surface area is 106 Å². The first-order valence-corrected chi connectivity index (χ1v) is 5.74. The number of benzene rings is 1. The topological polar surface area (TPSA) is 64.3 Å². The van der Waals surface area contributed by atoms with Gasteiger partial charge in [-0.25, -0.2) is 4.39 Å². The predicted octanol–water partition coefficient (Wildman–Crippen LogP) is 1.34. The first-order valence-electron chi connectivity index (χ1n) is 4.66. The van der Waals surface area contributed by atoms with Crippen LogP contribution in [0, 0.1) is 9.39 Å². The van der Waals surface area contributed by atoms with Gasteiger partial charge in [-0.3, -0.25) is 4.79 Å². The third kappa shape index (κ3) is 4.42. The molecule has 0 aliphatic heterocycles. The first kappa shape index (κ1) is 13.3. The molecular weight excluding hydrogens is 326 g/mol. The molecule has 16 heavy (non-hydrogen) atoms. The summed E-state index contributed by atoms with van der Waals surface area (Å²) in [4.78, 5) is 11.4. The molecule has 0 atom stereocenters. The van der Waals surface area contributed by atoms with Crippen molar-refractivity contribution < 1.29 is 13.9 Å². The largest absolute Gasteiger partial charge is 0.370 e. The minimum Gasteiger partial charge on any atom is -0.370 e. The maximum absolute atomic E-state index is 12.8. The normalized spacial score (nSPS) is 10.2. The van der Waals surface area contributed by atoms with Crippen LogP contribution in [0.4, 0.5) is 10.1 Å². The zero-order valence-corrected chi connectivity index (χ0v) is 10.7. The van der Waals surface area contributed by atoms with Crippen molar-refractivity contribution in [3.05, 3.63) is 27.6 Å². The molecule has 6 heteroatoms. The van der Waals surface area contributed by atoms with Crippen LogP contribution in [0.25, 0.3) is 0 Å². The maximum Gasteiger partial charge on any atom is 0.250 e. The fourth-order valence-electron chi connectivity index (χ4n) is 1.03. The Morgan fingerprint density at radius 1 is 1.56 bits per heavy atom. The first-order chi connectivity index (χ1) is 7.63. The van der Waals surface area contributed by atoms with E-state index < -0.39 is 0 Å². The van der Waals surface area contributed by atoms with Crippen molar-refractivity contribution in [1.29, 1.82) is 0 Å². The van der Waals surface area contributed by atoms with Crippen LogP contribution in [0.5, 0.6) is 0 Å². The average molecular weight is 338 g/mol. The Morgan fingerprint density at radius 3 is 2.94 bits per heavy atom. The van der Waals surface area contributed by atoms with Crippen LogP contribution in [-0.4, -0.2) is 25.7 Å². The van der Waals surface area contributed by atoms with Crippen molar-refractivity contribution in [2.75, 3.05) is 25.1 Å². The van der Waals surface area contributed by atoms with Gasteiger partial charge >= 0.3 is 0 Å². The van der Waals surface area contributed by atoms with Gasteiger partial charge < -0.3 is 15.8 Å². The number of ether oxygens (including phenoxy) is 1. The highest BCUT2D eigenvalue weighted by molar-refractivity contribution is 14.1. The van der Waals surface area contributed by atoms with Crippen LogP contribution >= 0.6 is 22.6 Å². The molecule has 3 N–H and O–H groups in total. The van der Waals surface area contributed by atoms with Gasteiger partial charge in [0.05, 0.1) is 12.3 Å². The van der Waals surface area contributed by atoms with E-state index in [-0.39, 0.29) is 18.3 Å². The molecule has 0 fully saturated rings. The number of anilines is 1. The Kier molecular flexibility index (Phi) is 5.64. The van der Waals surface area contributed by atoms with Gasteiger partial charge in [0.25, 0.3) is 0 Å². The molecule has 0 radical (unpaired) electrons. The number of carbonyl (C=O) groups excluding carboxylic acids is 1. The highest BCUT2D eigenvalue weighted by atomic mass is 127. The van der Waals surface area contributed by atoms with Crippen molar-refractivity contribution in [3.8, 4) is 0 Å². The van der Waals surface area contributed by atoms with Gasteiger partial charge in [-0.15, -0.1) is 0 Å². The number of hydrogen-bond donors (Lipinski definition) is 2. The summed E-state index contributed by atoms with van der Waals surface area (Å²) in [5, 5.41) is 2.62. The summed E-state index contributed by atoms with van der Waals surface area (Å²) in [5.41, 5.74) is 5.78. The van der Waals surface area contributed by atoms with Crippen molar-refractivity contribution >= 4 is 34.2 Å². The minimum atomic E-state index is -0.332. The zero-order valence-electron chi connectivity index (χ0n) is 8.50. The van der Waals surface area contributed by atoms with E-state index in [0.29, 0.717) is 22.4 Å². The van der Waals surface area contributed by atoms with E-state index in [1.165, 1.54) is 18.2 Å². The molecule has 1 aromatic carbocycles. The van der Waals surface area contributed by atoms with Crippen molar-refractivity contribution in [2.24, 2.45) is 5.73 Å². The SMILES string of the molecule is NCCOCC(=O)Nc1ccc(F)cc1I. The molecule has 1 aromatic rings. The van der Waals surface area contributed by atoms with E-state index in [9.17, 15) is 9.18 Å². The molecule has 1 amide bonds. The third-order valence-corrected chi connectivity index (χ3v) is 2.59. The molecule has 0 aromatic heterocycles. The summed E-state index contributed by atoms with van der Waals surface area (Å²) in [5.74, 6) is -0.611. The fraction of sp³-hybridized carbons (Fsp3) is 0.300. The second-order valence-corrected chi connectivity index (χ2v) is 4.18. The lowest BCUT2D eigenvalue weighted by Crippen LogP contribution is -2.21. The van der Waals surface area contributed by atoms with E-state index >= 15 is 0 Å². The molecule has 88 valence electrons. The summed E-state index contributed by atoms with van der Waals surface area (Å²) >= 11 is 1.95. The van der Waals surface area contributed by atoms with Crippen LogP contribution in [0.2, 0.25) is 0 Å². The molecule has 0 unspecified atom stereocenters. The Bertz CT molecular complexity index is 374. The van der Waals surface area contributed by atoms with E-state index in [2.05, 4.69) is 5.32 Å². The molecule has 0 aliphatic carbocycles. The molecule has 0 spiro atoms. The number of amides is 1. The fourth-order valence-corrected chi connectivity index (χ4v) is 1.64. The average Bonchev–Trinajstić information content (AvgIpc) is 2.23. The lowest BCUT2D eigenvalue weighted by molar-refractivity contribution is -0.120. The van der Waals surface area contributed by atoms with Crippen LogP contribution in [0.3, 0.4) is 0 Å². The second-order valence-electron chi connectivity index (χ2n) is 3.01. The van der Waals surface area contributed by atoms with Gasteiger partial charge in [-0.05, 0) is 40.8 Å². The van der Waals surface area contributed by atoms with Crippen molar-refractivity contribution in [2.45, 2.75) is 0 Å². The van der Waals surface area contributed by atoms with E-state index in [4.69, 9.17) is 10.5 Å². The molecule has 0 heterocycles. The molecule has 0 saturated heterocycles. The third-order valence-electron chi connectivity index (χ3n) is 1.70. The molecule has 0 bridgehead atoms. The second kappa shape index (κ2) is 6.77. The monoisotopic (exact) mass is 338 g/mol. The lowest BCUT2D eigenvalue weighted by Gasteiger charge is -2.07. The smallest absolute Gasteiger partial charge is 0.250 e. The van der Waals surface area contributed by atoms with Gasteiger partial charge in [0, 0.05) is 10.1 Å². The minimum absolute atomic E-state index is 0.0509. The van der Waals surface area contributed by atoms with E-state index in [0.717, 1.165) is 0 Å². The van der Waals surface area contributed by atoms with Crippen LogP contribution in [0.1, 0.15) is 0 Å². The molecule has 4 nitrogen and oxygen atoms in total. The van der Waals surface area contributed by atoms with Gasteiger partial charge in [-0.1, -0.05) is 0 Å². The Balaban J connectivity index is 2.49. The molecule has 1 rings (SSSR count). The molecule has 0 saturated carbocycles. The highest BCUT2D eigenvalue weighted by Gasteiger charge is 2.06. The Morgan fingerprint density at radius 2 is 2.31 bits per heavy atom. The summed E-state index contributed by atoms with van der Waals surface area (Å²) in [7, 11) is 0. The van der Waals surface area contributed by atoms with Gasteiger partial charge in [0.15, 0.2) is 0 Å². The number of hydrogen-bond acceptors (Lipinski definition) is 3. The van der Waals surface area contributed by atoms with Crippen LogP contribution in [-0.2, 0) is 9.53 Å². The summed E-state index contributed by atoms with van der Waals surface area (Å²) in [6.07, 6.45) is 0. The number of halogens is 2. The number of carbonyl (C=O) groups is 1. The van der Waals surface area contributed by atoms with Crippen LogP contribution < -0.4 is 11.1 Å². The summed E-state index contributed by atoms with van der Waals surface area (Å²) in [6, 6.07) is 4.15. The Hall–Kier alpha value is -0.730. The van der Waals surface area contributed by atoms with Gasteiger partial charge in [0.1, 0.15) is 12.4 Å². The zero-order chi connectivity index (χ0) is 12.0. The number of nitrogens with one attached hydrogen (secondary N) is 1. The van der Waals surface area contributed by atoms with Crippen LogP contribution in [0.15, 0.2) is 18.2 Å². The quantitative estimate of drug-likeness (QED) is 0.629. The van der Waals surface area contributed by atoms with Gasteiger partial charge in [0.2, 0.25) is 5.91 Å². The van der Waals surface area contributed by atoms with Gasteiger partial charge in [-0.2, -0.15) is 0 Å². The number of rotatable bonds is 5. The van der Waals surface area contributed by atoms with Crippen molar-refractivity contribution in [1.82, 2.24) is 0 Å². The molecular formula is C10H12FIN2O2. The summed E-state index contributed by atoms with van der Waals surface area (Å²) < 4.78 is 18.4. The predicted molar refractivity (Wildman–Crippen MR) is 67.6 cm³/mol. The van der Waals surface area contributed by atoms with Crippen molar-refractivity contribution in [3.63, 3.8) is 0 Å². The lowest BCUT2D eigenvalue weighted by atomic mass is 10.3. The number of nitrogens with two attached hydrogens (primary N) is 1. The van der Waals surface area contributed by atoms with E-state index in [1.54, 1.807) is 0 Å². The highest BCUT2D eigenvalue weighted by Crippen LogP contribution is 2.18. The molecule has 0 aliphatic rings. The van der Waals surface area contributed by atoms with E-state index in [1.807, 2.05) is 22.6 Å².